The highest BCUT2D eigenvalue weighted by atomic mass is 16.9. The number of benzene rings is 1. The average molecular weight is 280 g/mol. The molecule has 2 atom stereocenters. The SMILES string of the molecule is COC(=O)C1CC1COC(OC)(OC)c1ccccc1. The third-order valence-electron chi connectivity index (χ3n) is 3.58. The Bertz CT molecular complexity index is 441. The van der Waals surface area contributed by atoms with Gasteiger partial charge in [0, 0.05) is 19.8 Å². The van der Waals surface area contributed by atoms with Crippen molar-refractivity contribution in [2.24, 2.45) is 11.8 Å². The minimum absolute atomic E-state index is 0.0674. The van der Waals surface area contributed by atoms with Crippen LogP contribution in [0.15, 0.2) is 30.3 Å². The number of hydrogen-bond donors (Lipinski definition) is 0. The van der Waals surface area contributed by atoms with Gasteiger partial charge >= 0.3 is 11.9 Å². The first kappa shape index (κ1) is 15.0. The summed E-state index contributed by atoms with van der Waals surface area (Å²) in [6.07, 6.45) is 0.783. The van der Waals surface area contributed by atoms with Crippen LogP contribution in [-0.2, 0) is 29.7 Å². The summed E-state index contributed by atoms with van der Waals surface area (Å²) in [5.41, 5.74) is 0.778. The van der Waals surface area contributed by atoms with Crippen LogP contribution in [0.3, 0.4) is 0 Å². The predicted octanol–water partition coefficient (Wildman–Crippen LogP) is 1.92. The largest absolute Gasteiger partial charge is 0.469 e. The monoisotopic (exact) mass is 280 g/mol. The molecule has 0 bridgehead atoms. The predicted molar refractivity (Wildman–Crippen MR) is 71.7 cm³/mol. The van der Waals surface area contributed by atoms with Crippen LogP contribution in [0.25, 0.3) is 0 Å². The van der Waals surface area contributed by atoms with E-state index in [-0.39, 0.29) is 17.8 Å². The normalized spacial score (nSPS) is 21.6. The van der Waals surface area contributed by atoms with Gasteiger partial charge in [0.15, 0.2) is 0 Å². The Labute approximate surface area is 118 Å². The number of ether oxygens (including phenoxy) is 4. The number of carbonyl (C=O) groups excluding carboxylic acids is 1. The van der Waals surface area contributed by atoms with Crippen molar-refractivity contribution >= 4 is 5.97 Å². The number of methoxy groups -OCH3 is 3. The zero-order valence-corrected chi connectivity index (χ0v) is 12.0. The Balaban J connectivity index is 1.99. The smallest absolute Gasteiger partial charge is 0.311 e. The molecule has 0 radical (unpaired) electrons. The Morgan fingerprint density at radius 3 is 2.40 bits per heavy atom. The molecule has 0 N–H and O–H groups in total. The van der Waals surface area contributed by atoms with E-state index in [9.17, 15) is 4.79 Å². The average Bonchev–Trinajstić information content (AvgIpc) is 3.29. The lowest BCUT2D eigenvalue weighted by Crippen LogP contribution is -2.35. The number of rotatable bonds is 7. The summed E-state index contributed by atoms with van der Waals surface area (Å²) in [5, 5.41) is 0. The van der Waals surface area contributed by atoms with Crippen LogP contribution < -0.4 is 0 Å². The highest BCUT2D eigenvalue weighted by Crippen LogP contribution is 2.41. The maximum Gasteiger partial charge on any atom is 0.311 e. The number of esters is 1. The van der Waals surface area contributed by atoms with Crippen molar-refractivity contribution in [3.63, 3.8) is 0 Å². The fourth-order valence-corrected chi connectivity index (χ4v) is 2.25. The van der Waals surface area contributed by atoms with Crippen molar-refractivity contribution in [3.8, 4) is 0 Å². The molecule has 20 heavy (non-hydrogen) atoms. The lowest BCUT2D eigenvalue weighted by atomic mass is 10.2. The molecular weight excluding hydrogens is 260 g/mol. The number of carbonyl (C=O) groups is 1. The van der Waals surface area contributed by atoms with Gasteiger partial charge in [-0.2, -0.15) is 0 Å². The molecule has 2 unspecified atom stereocenters. The molecule has 0 aromatic heterocycles. The molecule has 0 spiro atoms. The second-order valence-electron chi connectivity index (χ2n) is 4.77. The topological polar surface area (TPSA) is 54.0 Å². The molecule has 0 heterocycles. The van der Waals surface area contributed by atoms with E-state index in [1.807, 2.05) is 30.3 Å². The molecule has 110 valence electrons. The van der Waals surface area contributed by atoms with E-state index in [0.29, 0.717) is 6.61 Å². The first-order valence-electron chi connectivity index (χ1n) is 6.54. The van der Waals surface area contributed by atoms with Gasteiger partial charge in [-0.1, -0.05) is 30.3 Å². The zero-order chi connectivity index (χ0) is 14.6. The molecule has 5 heteroatoms. The van der Waals surface area contributed by atoms with Gasteiger partial charge in [-0.15, -0.1) is 0 Å². The van der Waals surface area contributed by atoms with E-state index >= 15 is 0 Å². The molecule has 5 nitrogen and oxygen atoms in total. The van der Waals surface area contributed by atoms with E-state index < -0.39 is 5.97 Å². The maximum atomic E-state index is 11.4. The zero-order valence-electron chi connectivity index (χ0n) is 12.0. The van der Waals surface area contributed by atoms with Crippen molar-refractivity contribution in [3.05, 3.63) is 35.9 Å². The van der Waals surface area contributed by atoms with E-state index in [1.54, 1.807) is 0 Å². The summed E-state index contributed by atoms with van der Waals surface area (Å²) in [4.78, 5) is 11.4. The van der Waals surface area contributed by atoms with Gasteiger partial charge in [0.25, 0.3) is 0 Å². The molecule has 1 aromatic rings. The van der Waals surface area contributed by atoms with Crippen LogP contribution in [0.1, 0.15) is 12.0 Å². The van der Waals surface area contributed by atoms with Crippen LogP contribution in [0.5, 0.6) is 0 Å². The molecule has 0 aliphatic heterocycles. The summed E-state index contributed by atoms with van der Waals surface area (Å²) in [5.74, 6) is -1.32. The Hall–Kier alpha value is -1.43. The quantitative estimate of drug-likeness (QED) is 0.564. The van der Waals surface area contributed by atoms with Crippen LogP contribution in [0.2, 0.25) is 0 Å². The Kier molecular flexibility index (Phi) is 4.75. The molecule has 0 saturated heterocycles. The molecule has 0 amide bonds. The highest BCUT2D eigenvalue weighted by Gasteiger charge is 2.46. The Morgan fingerprint density at radius 1 is 1.20 bits per heavy atom. The number of hydrogen-bond acceptors (Lipinski definition) is 5. The van der Waals surface area contributed by atoms with Crippen molar-refractivity contribution < 1.29 is 23.7 Å². The van der Waals surface area contributed by atoms with E-state index in [0.717, 1.165) is 12.0 Å². The highest BCUT2D eigenvalue weighted by molar-refractivity contribution is 5.75. The first-order valence-corrected chi connectivity index (χ1v) is 6.54. The summed E-state index contributed by atoms with van der Waals surface area (Å²) < 4.78 is 21.4. The van der Waals surface area contributed by atoms with Crippen LogP contribution in [0.4, 0.5) is 0 Å². The van der Waals surface area contributed by atoms with Crippen LogP contribution in [0, 0.1) is 11.8 Å². The van der Waals surface area contributed by atoms with Gasteiger partial charge in [0.2, 0.25) is 0 Å². The minimum Gasteiger partial charge on any atom is -0.469 e. The van der Waals surface area contributed by atoms with Gasteiger partial charge in [-0.05, 0) is 12.3 Å². The molecule has 1 aliphatic rings. The minimum atomic E-state index is -1.23. The lowest BCUT2D eigenvalue weighted by Gasteiger charge is -2.30. The van der Waals surface area contributed by atoms with Crippen molar-refractivity contribution in [2.75, 3.05) is 27.9 Å². The molecule has 1 fully saturated rings. The third kappa shape index (κ3) is 3.00. The van der Waals surface area contributed by atoms with Crippen molar-refractivity contribution in [2.45, 2.75) is 12.4 Å². The van der Waals surface area contributed by atoms with Gasteiger partial charge in [-0.25, -0.2) is 0 Å². The van der Waals surface area contributed by atoms with Gasteiger partial charge in [-0.3, -0.25) is 4.79 Å². The summed E-state index contributed by atoms with van der Waals surface area (Å²) in [7, 11) is 4.46. The fourth-order valence-electron chi connectivity index (χ4n) is 2.25. The van der Waals surface area contributed by atoms with Crippen molar-refractivity contribution in [1.82, 2.24) is 0 Å². The molecule has 1 aliphatic carbocycles. The fraction of sp³-hybridized carbons (Fsp3) is 0.533. The third-order valence-corrected chi connectivity index (χ3v) is 3.58. The molecule has 1 saturated carbocycles. The lowest BCUT2D eigenvalue weighted by molar-refractivity contribution is -0.376. The second kappa shape index (κ2) is 6.35. The van der Waals surface area contributed by atoms with Crippen molar-refractivity contribution in [1.29, 1.82) is 0 Å². The molecular formula is C15H20O5. The van der Waals surface area contributed by atoms with Gasteiger partial charge in [0.1, 0.15) is 0 Å². The summed E-state index contributed by atoms with van der Waals surface area (Å²) in [6.45, 7) is 0.385. The summed E-state index contributed by atoms with van der Waals surface area (Å²) >= 11 is 0. The molecule has 2 rings (SSSR count). The standard InChI is InChI=1S/C15H20O5/c1-17-14(16)13-9-11(13)10-20-15(18-2,19-3)12-7-5-4-6-8-12/h4-8,11,13H,9-10H2,1-3H3. The maximum absolute atomic E-state index is 11.4. The molecule has 1 aromatic carbocycles. The summed E-state index contributed by atoms with van der Waals surface area (Å²) in [6, 6.07) is 9.43. The van der Waals surface area contributed by atoms with E-state index in [1.165, 1.54) is 21.3 Å². The van der Waals surface area contributed by atoms with Crippen LogP contribution in [-0.4, -0.2) is 33.9 Å². The second-order valence-corrected chi connectivity index (χ2v) is 4.77. The Morgan fingerprint density at radius 2 is 1.85 bits per heavy atom. The van der Waals surface area contributed by atoms with E-state index in [4.69, 9.17) is 18.9 Å². The van der Waals surface area contributed by atoms with E-state index in [2.05, 4.69) is 0 Å². The van der Waals surface area contributed by atoms with Gasteiger partial charge < -0.3 is 18.9 Å². The van der Waals surface area contributed by atoms with Gasteiger partial charge in [0.05, 0.1) is 19.6 Å². The first-order chi connectivity index (χ1) is 9.66. The van der Waals surface area contributed by atoms with Crippen LogP contribution >= 0.6 is 0 Å².